The Morgan fingerprint density at radius 2 is 1.94 bits per heavy atom. The highest BCUT2D eigenvalue weighted by molar-refractivity contribution is 5.54. The summed E-state index contributed by atoms with van der Waals surface area (Å²) in [5, 5.41) is 3.31. The van der Waals surface area contributed by atoms with Gasteiger partial charge in [-0.25, -0.2) is 9.97 Å². The summed E-state index contributed by atoms with van der Waals surface area (Å²) in [6, 6.07) is 8.38. The Hall–Kier alpha value is -2.10. The Bertz CT molecular complexity index is 564. The molecule has 3 N–H and O–H groups in total. The molecule has 1 aromatic heterocycles. The minimum absolute atomic E-state index is 0.536. The highest BCUT2D eigenvalue weighted by Crippen LogP contribution is 2.17. The molecule has 0 aliphatic heterocycles. The van der Waals surface area contributed by atoms with Crippen LogP contribution in [0.1, 0.15) is 22.5 Å². The molecule has 0 aliphatic carbocycles. The Kier molecular flexibility index (Phi) is 3.46. The Morgan fingerprint density at radius 1 is 1.17 bits per heavy atom. The summed E-state index contributed by atoms with van der Waals surface area (Å²) in [4.78, 5) is 8.50. The van der Waals surface area contributed by atoms with E-state index in [0.29, 0.717) is 11.6 Å². The van der Waals surface area contributed by atoms with E-state index in [4.69, 9.17) is 5.73 Å². The van der Waals surface area contributed by atoms with Crippen molar-refractivity contribution >= 4 is 11.6 Å². The maximum absolute atomic E-state index is 5.82. The van der Waals surface area contributed by atoms with Gasteiger partial charge in [-0.3, -0.25) is 0 Å². The second-order valence-corrected chi connectivity index (χ2v) is 4.47. The monoisotopic (exact) mass is 242 g/mol. The maximum atomic E-state index is 5.82. The van der Waals surface area contributed by atoms with Crippen molar-refractivity contribution in [3.63, 3.8) is 0 Å². The summed E-state index contributed by atoms with van der Waals surface area (Å²) in [5.74, 6) is 2.03. The largest absolute Gasteiger partial charge is 0.383 e. The van der Waals surface area contributed by atoms with Crippen LogP contribution in [0.15, 0.2) is 24.3 Å². The smallest absolute Gasteiger partial charge is 0.135 e. The fourth-order valence-corrected chi connectivity index (χ4v) is 1.83. The van der Waals surface area contributed by atoms with E-state index >= 15 is 0 Å². The van der Waals surface area contributed by atoms with E-state index in [1.165, 1.54) is 11.1 Å². The second-order valence-electron chi connectivity index (χ2n) is 4.47. The number of nitrogens with two attached hydrogens (primary N) is 1. The molecule has 18 heavy (non-hydrogen) atoms. The average Bonchev–Trinajstić information content (AvgIpc) is 2.32. The van der Waals surface area contributed by atoms with Gasteiger partial charge in [-0.05, 0) is 26.3 Å². The highest BCUT2D eigenvalue weighted by Gasteiger charge is 2.06. The van der Waals surface area contributed by atoms with E-state index in [-0.39, 0.29) is 0 Å². The number of hydrogen-bond donors (Lipinski definition) is 2. The van der Waals surface area contributed by atoms with Crippen molar-refractivity contribution in [3.05, 3.63) is 46.8 Å². The zero-order chi connectivity index (χ0) is 13.1. The van der Waals surface area contributed by atoms with Crippen LogP contribution in [0.25, 0.3) is 0 Å². The summed E-state index contributed by atoms with van der Waals surface area (Å²) in [6.07, 6.45) is 0. The van der Waals surface area contributed by atoms with Gasteiger partial charge in [0, 0.05) is 12.1 Å². The van der Waals surface area contributed by atoms with Crippen LogP contribution in [0, 0.1) is 20.8 Å². The predicted octanol–water partition coefficient (Wildman–Crippen LogP) is 2.60. The molecule has 1 aromatic carbocycles. The minimum atomic E-state index is 0.536. The third-order valence-corrected chi connectivity index (χ3v) is 2.84. The zero-order valence-corrected chi connectivity index (χ0v) is 11.0. The third kappa shape index (κ3) is 2.77. The number of nitrogen functional groups attached to an aromatic ring is 1. The lowest BCUT2D eigenvalue weighted by molar-refractivity contribution is 1.01. The Balaban J connectivity index is 2.15. The standard InChI is InChI=1S/C14H18N4/c1-9-5-4-6-12(7-9)8-16-14-10(2)13(15)17-11(3)18-14/h4-7H,8H2,1-3H3,(H3,15,16,17,18). The van der Waals surface area contributed by atoms with Gasteiger partial charge in [0.05, 0.1) is 0 Å². The molecule has 4 nitrogen and oxygen atoms in total. The molecule has 2 rings (SSSR count). The molecule has 94 valence electrons. The molecule has 0 amide bonds. The molecule has 0 fully saturated rings. The van der Waals surface area contributed by atoms with Gasteiger partial charge in [-0.15, -0.1) is 0 Å². The van der Waals surface area contributed by atoms with E-state index in [9.17, 15) is 0 Å². The molecule has 4 heteroatoms. The van der Waals surface area contributed by atoms with Crippen LogP contribution < -0.4 is 11.1 Å². The van der Waals surface area contributed by atoms with E-state index in [1.807, 2.05) is 13.8 Å². The van der Waals surface area contributed by atoms with Crippen LogP contribution in [-0.2, 0) is 6.54 Å². The fraction of sp³-hybridized carbons (Fsp3) is 0.286. The van der Waals surface area contributed by atoms with Gasteiger partial charge >= 0.3 is 0 Å². The molecule has 0 spiro atoms. The van der Waals surface area contributed by atoms with Crippen molar-refractivity contribution in [1.29, 1.82) is 0 Å². The van der Waals surface area contributed by atoms with Crippen molar-refractivity contribution in [2.24, 2.45) is 0 Å². The topological polar surface area (TPSA) is 63.8 Å². The molecule has 0 atom stereocenters. The first-order chi connectivity index (χ1) is 8.56. The van der Waals surface area contributed by atoms with Crippen LogP contribution in [0.2, 0.25) is 0 Å². The molecule has 0 radical (unpaired) electrons. The van der Waals surface area contributed by atoms with Gasteiger partial charge in [0.15, 0.2) is 0 Å². The van der Waals surface area contributed by atoms with Crippen molar-refractivity contribution in [3.8, 4) is 0 Å². The molecule has 0 unspecified atom stereocenters. The lowest BCUT2D eigenvalue weighted by atomic mass is 10.1. The fourth-order valence-electron chi connectivity index (χ4n) is 1.83. The van der Waals surface area contributed by atoms with Gasteiger partial charge in [0.25, 0.3) is 0 Å². The van der Waals surface area contributed by atoms with Crippen LogP contribution in [-0.4, -0.2) is 9.97 Å². The molecule has 0 saturated carbocycles. The van der Waals surface area contributed by atoms with Crippen molar-refractivity contribution < 1.29 is 0 Å². The van der Waals surface area contributed by atoms with Gasteiger partial charge in [0.2, 0.25) is 0 Å². The molecule has 1 heterocycles. The lowest BCUT2D eigenvalue weighted by Gasteiger charge is -2.11. The number of rotatable bonds is 3. The summed E-state index contributed by atoms with van der Waals surface area (Å²) in [5.41, 5.74) is 9.20. The van der Waals surface area contributed by atoms with Crippen LogP contribution >= 0.6 is 0 Å². The molecular formula is C14H18N4. The molecule has 0 aliphatic rings. The Labute approximate surface area is 107 Å². The SMILES string of the molecule is Cc1cccc(CNc2nc(C)nc(N)c2C)c1. The third-order valence-electron chi connectivity index (χ3n) is 2.84. The van der Waals surface area contributed by atoms with Crippen LogP contribution in [0.5, 0.6) is 0 Å². The highest BCUT2D eigenvalue weighted by atomic mass is 15.0. The number of nitrogens with one attached hydrogen (secondary N) is 1. The minimum Gasteiger partial charge on any atom is -0.383 e. The molecule has 0 saturated heterocycles. The summed E-state index contributed by atoms with van der Waals surface area (Å²) in [7, 11) is 0. The number of aryl methyl sites for hydroxylation is 2. The number of hydrogen-bond acceptors (Lipinski definition) is 4. The van der Waals surface area contributed by atoms with E-state index < -0.39 is 0 Å². The second kappa shape index (κ2) is 5.04. The van der Waals surface area contributed by atoms with E-state index in [0.717, 1.165) is 17.9 Å². The normalized spacial score (nSPS) is 10.4. The number of aromatic nitrogens is 2. The lowest BCUT2D eigenvalue weighted by Crippen LogP contribution is -2.08. The van der Waals surface area contributed by atoms with E-state index in [1.54, 1.807) is 0 Å². The summed E-state index contributed by atoms with van der Waals surface area (Å²) < 4.78 is 0. The molecule has 0 bridgehead atoms. The quantitative estimate of drug-likeness (QED) is 0.868. The van der Waals surface area contributed by atoms with Crippen molar-refractivity contribution in [2.45, 2.75) is 27.3 Å². The first-order valence-electron chi connectivity index (χ1n) is 5.96. The first-order valence-corrected chi connectivity index (χ1v) is 5.96. The zero-order valence-electron chi connectivity index (χ0n) is 11.0. The number of benzene rings is 1. The number of anilines is 2. The van der Waals surface area contributed by atoms with Crippen molar-refractivity contribution in [2.75, 3.05) is 11.1 Å². The maximum Gasteiger partial charge on any atom is 0.135 e. The van der Waals surface area contributed by atoms with Gasteiger partial charge in [0.1, 0.15) is 17.5 Å². The first kappa shape index (κ1) is 12.4. The van der Waals surface area contributed by atoms with Gasteiger partial charge in [-0.2, -0.15) is 0 Å². The van der Waals surface area contributed by atoms with Crippen molar-refractivity contribution in [1.82, 2.24) is 9.97 Å². The van der Waals surface area contributed by atoms with Gasteiger partial charge in [-0.1, -0.05) is 29.8 Å². The summed E-state index contributed by atoms with van der Waals surface area (Å²) in [6.45, 7) is 6.58. The average molecular weight is 242 g/mol. The molecular weight excluding hydrogens is 224 g/mol. The van der Waals surface area contributed by atoms with Gasteiger partial charge < -0.3 is 11.1 Å². The number of nitrogens with zero attached hydrogens (tertiary/aromatic N) is 2. The van der Waals surface area contributed by atoms with E-state index in [2.05, 4.69) is 46.5 Å². The Morgan fingerprint density at radius 3 is 2.67 bits per heavy atom. The predicted molar refractivity (Wildman–Crippen MR) is 74.4 cm³/mol. The van der Waals surface area contributed by atoms with Crippen LogP contribution in [0.3, 0.4) is 0 Å². The van der Waals surface area contributed by atoms with Crippen LogP contribution in [0.4, 0.5) is 11.6 Å². The summed E-state index contributed by atoms with van der Waals surface area (Å²) >= 11 is 0. The molecule has 2 aromatic rings.